The highest BCUT2D eigenvalue weighted by atomic mass is 32.2. The zero-order chi connectivity index (χ0) is 14.6. The first-order valence-electron chi connectivity index (χ1n) is 7.73. The van der Waals surface area contributed by atoms with E-state index in [-0.39, 0.29) is 5.75 Å². The number of hydrogen-bond acceptors (Lipinski definition) is 3. The van der Waals surface area contributed by atoms with Crippen molar-refractivity contribution in [3.8, 4) is 0 Å². The lowest BCUT2D eigenvalue weighted by molar-refractivity contribution is -0.142. The number of aliphatic carboxylic acids is 1. The Morgan fingerprint density at radius 2 is 1.70 bits per heavy atom. The average Bonchev–Trinajstić information content (AvgIpc) is 2.46. The molecule has 0 radical (unpaired) electrons. The van der Waals surface area contributed by atoms with Crippen LogP contribution in [0.4, 0.5) is 0 Å². The molecule has 116 valence electrons. The van der Waals surface area contributed by atoms with Crippen molar-refractivity contribution in [2.75, 3.05) is 12.3 Å². The molecule has 2 rings (SSSR count). The Morgan fingerprint density at radius 1 is 1.05 bits per heavy atom. The molecule has 2 fully saturated rings. The Kier molecular flexibility index (Phi) is 5.43. The van der Waals surface area contributed by atoms with Crippen molar-refractivity contribution in [2.45, 2.75) is 63.8 Å². The fraction of sp³-hybridized carbons (Fsp3) is 0.929. The summed E-state index contributed by atoms with van der Waals surface area (Å²) in [4.78, 5) is 11.2. The summed E-state index contributed by atoms with van der Waals surface area (Å²) in [7, 11) is -3.42. The highest BCUT2D eigenvalue weighted by molar-refractivity contribution is 7.89. The molecule has 1 unspecified atom stereocenters. The first-order chi connectivity index (χ1) is 9.50. The number of carboxylic acids is 1. The van der Waals surface area contributed by atoms with Gasteiger partial charge in [0, 0.05) is 6.54 Å². The highest BCUT2D eigenvalue weighted by Gasteiger charge is 2.36. The van der Waals surface area contributed by atoms with Gasteiger partial charge in [0.15, 0.2) is 0 Å². The molecule has 0 amide bonds. The topological polar surface area (TPSA) is 74.7 Å². The van der Waals surface area contributed by atoms with E-state index in [9.17, 15) is 18.3 Å². The van der Waals surface area contributed by atoms with Crippen LogP contribution in [0.5, 0.6) is 0 Å². The molecular formula is C14H25NO4S. The summed E-state index contributed by atoms with van der Waals surface area (Å²) >= 11 is 0. The molecule has 1 saturated heterocycles. The van der Waals surface area contributed by atoms with E-state index < -0.39 is 22.0 Å². The minimum atomic E-state index is -3.42. The second-order valence-electron chi connectivity index (χ2n) is 6.07. The SMILES string of the molecule is O=C(O)C1CCCCN1S(=O)(=O)CCC1CCCCC1. The Labute approximate surface area is 121 Å². The van der Waals surface area contributed by atoms with E-state index in [0.717, 1.165) is 25.7 Å². The molecule has 0 aromatic carbocycles. The molecular weight excluding hydrogens is 278 g/mol. The van der Waals surface area contributed by atoms with Gasteiger partial charge in [-0.05, 0) is 31.6 Å². The van der Waals surface area contributed by atoms with Gasteiger partial charge in [-0.15, -0.1) is 0 Å². The van der Waals surface area contributed by atoms with Gasteiger partial charge in [0.25, 0.3) is 0 Å². The van der Waals surface area contributed by atoms with E-state index in [1.54, 1.807) is 0 Å². The molecule has 1 aliphatic carbocycles. The number of sulfonamides is 1. The first kappa shape index (κ1) is 15.8. The van der Waals surface area contributed by atoms with E-state index in [0.29, 0.717) is 25.3 Å². The molecule has 0 bridgehead atoms. The minimum absolute atomic E-state index is 0.113. The van der Waals surface area contributed by atoms with Gasteiger partial charge in [-0.25, -0.2) is 8.42 Å². The quantitative estimate of drug-likeness (QED) is 0.845. The summed E-state index contributed by atoms with van der Waals surface area (Å²) < 4.78 is 26.0. The van der Waals surface area contributed by atoms with Crippen LogP contribution < -0.4 is 0 Å². The first-order valence-corrected chi connectivity index (χ1v) is 9.34. The minimum Gasteiger partial charge on any atom is -0.480 e. The van der Waals surface area contributed by atoms with Crippen LogP contribution in [0.3, 0.4) is 0 Å². The number of carbonyl (C=O) groups is 1. The zero-order valence-corrected chi connectivity index (χ0v) is 12.8. The van der Waals surface area contributed by atoms with Gasteiger partial charge < -0.3 is 5.11 Å². The fourth-order valence-electron chi connectivity index (χ4n) is 3.39. The highest BCUT2D eigenvalue weighted by Crippen LogP contribution is 2.28. The Morgan fingerprint density at radius 3 is 2.35 bits per heavy atom. The molecule has 1 saturated carbocycles. The van der Waals surface area contributed by atoms with Crippen molar-refractivity contribution in [3.05, 3.63) is 0 Å². The lowest BCUT2D eigenvalue weighted by Crippen LogP contribution is -2.48. The molecule has 1 N–H and O–H groups in total. The van der Waals surface area contributed by atoms with Gasteiger partial charge >= 0.3 is 5.97 Å². The fourth-order valence-corrected chi connectivity index (χ4v) is 5.25. The second-order valence-corrected chi connectivity index (χ2v) is 8.11. The van der Waals surface area contributed by atoms with Crippen molar-refractivity contribution in [1.29, 1.82) is 0 Å². The van der Waals surface area contributed by atoms with Crippen LogP contribution in [0.25, 0.3) is 0 Å². The zero-order valence-electron chi connectivity index (χ0n) is 12.0. The summed E-state index contributed by atoms with van der Waals surface area (Å²) in [5, 5.41) is 9.18. The third-order valence-electron chi connectivity index (χ3n) is 4.60. The molecule has 0 aromatic heterocycles. The van der Waals surface area contributed by atoms with Gasteiger partial charge in [-0.1, -0.05) is 32.1 Å². The van der Waals surface area contributed by atoms with Crippen molar-refractivity contribution in [3.63, 3.8) is 0 Å². The van der Waals surface area contributed by atoms with E-state index >= 15 is 0 Å². The lowest BCUT2D eigenvalue weighted by Gasteiger charge is -2.32. The molecule has 1 aliphatic heterocycles. The van der Waals surface area contributed by atoms with Crippen LogP contribution in [-0.2, 0) is 14.8 Å². The number of hydrogen-bond donors (Lipinski definition) is 1. The Hall–Kier alpha value is -0.620. The maximum atomic E-state index is 12.4. The van der Waals surface area contributed by atoms with Crippen LogP contribution in [0.15, 0.2) is 0 Å². The van der Waals surface area contributed by atoms with E-state index in [1.807, 2.05) is 0 Å². The smallest absolute Gasteiger partial charge is 0.322 e. The molecule has 0 aromatic rings. The standard InChI is InChI=1S/C14H25NO4S/c16-14(17)13-8-4-5-10-15(13)20(18,19)11-9-12-6-2-1-3-7-12/h12-13H,1-11H2,(H,16,17). The predicted molar refractivity (Wildman–Crippen MR) is 77.0 cm³/mol. The largest absolute Gasteiger partial charge is 0.480 e. The molecule has 2 aliphatic rings. The maximum absolute atomic E-state index is 12.4. The number of nitrogens with zero attached hydrogens (tertiary/aromatic N) is 1. The van der Waals surface area contributed by atoms with Crippen molar-refractivity contribution in [1.82, 2.24) is 4.31 Å². The molecule has 0 spiro atoms. The number of carboxylic acid groups (broad SMARTS) is 1. The van der Waals surface area contributed by atoms with Gasteiger partial charge in [0.1, 0.15) is 6.04 Å². The van der Waals surface area contributed by atoms with E-state index in [1.165, 1.54) is 23.6 Å². The normalized spacial score (nSPS) is 26.5. The predicted octanol–water partition coefficient (Wildman–Crippen LogP) is 2.23. The average molecular weight is 303 g/mol. The van der Waals surface area contributed by atoms with Gasteiger partial charge in [-0.3, -0.25) is 4.79 Å². The van der Waals surface area contributed by atoms with Gasteiger partial charge in [0.05, 0.1) is 5.75 Å². The van der Waals surface area contributed by atoms with Crippen LogP contribution >= 0.6 is 0 Å². The Bertz CT molecular complexity index is 428. The monoisotopic (exact) mass is 303 g/mol. The maximum Gasteiger partial charge on any atom is 0.322 e. The van der Waals surface area contributed by atoms with E-state index in [4.69, 9.17) is 0 Å². The van der Waals surface area contributed by atoms with Gasteiger partial charge in [-0.2, -0.15) is 4.31 Å². The molecule has 20 heavy (non-hydrogen) atoms. The van der Waals surface area contributed by atoms with Crippen molar-refractivity contribution in [2.24, 2.45) is 5.92 Å². The van der Waals surface area contributed by atoms with Crippen molar-refractivity contribution >= 4 is 16.0 Å². The van der Waals surface area contributed by atoms with Crippen LogP contribution in [0.2, 0.25) is 0 Å². The van der Waals surface area contributed by atoms with Crippen LogP contribution in [0.1, 0.15) is 57.8 Å². The molecule has 5 nitrogen and oxygen atoms in total. The third-order valence-corrected chi connectivity index (χ3v) is 6.51. The second kappa shape index (κ2) is 6.89. The summed E-state index contributed by atoms with van der Waals surface area (Å²) in [5.41, 5.74) is 0. The summed E-state index contributed by atoms with van der Waals surface area (Å²) in [5.74, 6) is -0.390. The third kappa shape index (κ3) is 3.95. The van der Waals surface area contributed by atoms with Crippen molar-refractivity contribution < 1.29 is 18.3 Å². The lowest BCUT2D eigenvalue weighted by atomic mass is 9.88. The number of piperidine rings is 1. The molecule has 1 atom stereocenters. The summed E-state index contributed by atoms with van der Waals surface area (Å²) in [6.07, 6.45) is 8.60. The van der Waals surface area contributed by atoms with Crippen LogP contribution in [-0.4, -0.2) is 42.1 Å². The summed E-state index contributed by atoms with van der Waals surface area (Å²) in [6.45, 7) is 0.365. The Balaban J connectivity index is 1.95. The summed E-state index contributed by atoms with van der Waals surface area (Å²) in [6, 6.07) is -0.847. The number of rotatable bonds is 5. The van der Waals surface area contributed by atoms with E-state index in [2.05, 4.69) is 0 Å². The van der Waals surface area contributed by atoms with Crippen LogP contribution in [0, 0.1) is 5.92 Å². The van der Waals surface area contributed by atoms with Gasteiger partial charge in [0.2, 0.25) is 10.0 Å². The molecule has 1 heterocycles. The molecule has 6 heteroatoms.